The van der Waals surface area contributed by atoms with Gasteiger partial charge in [-0.25, -0.2) is 0 Å². The summed E-state index contributed by atoms with van der Waals surface area (Å²) in [6, 6.07) is 3.91. The third-order valence-electron chi connectivity index (χ3n) is 4.15. The zero-order chi connectivity index (χ0) is 17.9. The maximum absolute atomic E-state index is 12.8. The Morgan fingerprint density at radius 1 is 1.38 bits per heavy atom. The van der Waals surface area contributed by atoms with E-state index in [0.29, 0.717) is 24.7 Å². The maximum Gasteiger partial charge on any atom is 0.417 e. The van der Waals surface area contributed by atoms with E-state index >= 15 is 0 Å². The van der Waals surface area contributed by atoms with Gasteiger partial charge in [0.1, 0.15) is 0 Å². The van der Waals surface area contributed by atoms with Crippen molar-refractivity contribution < 1.29 is 18.0 Å². The number of alkyl halides is 3. The van der Waals surface area contributed by atoms with Gasteiger partial charge in [0.05, 0.1) is 10.6 Å². The molecule has 1 unspecified atom stereocenters. The van der Waals surface area contributed by atoms with Crippen molar-refractivity contribution in [3.05, 3.63) is 40.4 Å². The van der Waals surface area contributed by atoms with Gasteiger partial charge in [-0.1, -0.05) is 17.7 Å². The number of likely N-dealkylation sites (tertiary alicyclic amines) is 1. The first-order valence-electron chi connectivity index (χ1n) is 7.68. The molecule has 1 aliphatic rings. The van der Waals surface area contributed by atoms with Gasteiger partial charge >= 0.3 is 6.18 Å². The van der Waals surface area contributed by atoms with Gasteiger partial charge in [0.25, 0.3) is 0 Å². The van der Waals surface area contributed by atoms with E-state index in [2.05, 4.69) is 4.90 Å². The Hall–Kier alpha value is -1.53. The lowest BCUT2D eigenvalue weighted by Gasteiger charge is -2.35. The Bertz CT molecular complexity index is 629. The first-order valence-corrected chi connectivity index (χ1v) is 8.06. The number of benzene rings is 1. The van der Waals surface area contributed by atoms with Crippen LogP contribution in [0, 0.1) is 0 Å². The van der Waals surface area contributed by atoms with Crippen molar-refractivity contribution in [3.8, 4) is 0 Å². The molecule has 132 valence electrons. The fourth-order valence-corrected chi connectivity index (χ4v) is 2.94. The number of halogens is 4. The number of rotatable bonds is 3. The Morgan fingerprint density at radius 3 is 2.71 bits per heavy atom. The quantitative estimate of drug-likeness (QED) is 0.763. The van der Waals surface area contributed by atoms with Crippen LogP contribution in [-0.4, -0.2) is 48.9 Å². The molecule has 1 fully saturated rings. The molecule has 1 aliphatic heterocycles. The molecule has 0 N–H and O–H groups in total. The van der Waals surface area contributed by atoms with E-state index in [1.54, 1.807) is 4.90 Å². The number of likely N-dealkylation sites (N-methyl/N-ethyl adjacent to an activating group) is 1. The van der Waals surface area contributed by atoms with Crippen molar-refractivity contribution in [2.24, 2.45) is 0 Å². The van der Waals surface area contributed by atoms with Crippen LogP contribution in [0.5, 0.6) is 0 Å². The Morgan fingerprint density at radius 2 is 2.08 bits per heavy atom. The van der Waals surface area contributed by atoms with Gasteiger partial charge in [0.2, 0.25) is 5.91 Å². The van der Waals surface area contributed by atoms with Crippen molar-refractivity contribution in [2.45, 2.75) is 25.1 Å². The Balaban J connectivity index is 2.09. The van der Waals surface area contributed by atoms with E-state index < -0.39 is 11.7 Å². The summed E-state index contributed by atoms with van der Waals surface area (Å²) in [5, 5.41) is -0.351. The predicted molar refractivity (Wildman–Crippen MR) is 88.8 cm³/mol. The Labute approximate surface area is 144 Å². The molecule has 1 aromatic rings. The summed E-state index contributed by atoms with van der Waals surface area (Å²) in [7, 11) is 3.95. The van der Waals surface area contributed by atoms with Gasteiger partial charge in [-0.2, -0.15) is 13.2 Å². The zero-order valence-corrected chi connectivity index (χ0v) is 14.4. The van der Waals surface area contributed by atoms with E-state index in [-0.39, 0.29) is 10.9 Å². The second kappa shape index (κ2) is 7.57. The summed E-state index contributed by atoms with van der Waals surface area (Å²) < 4.78 is 38.5. The molecule has 7 heteroatoms. The lowest BCUT2D eigenvalue weighted by atomic mass is 10.0. The van der Waals surface area contributed by atoms with Gasteiger partial charge in [-0.3, -0.25) is 4.79 Å². The van der Waals surface area contributed by atoms with Crippen LogP contribution >= 0.6 is 11.6 Å². The molecular weight excluding hydrogens is 341 g/mol. The van der Waals surface area contributed by atoms with Crippen LogP contribution in [0.3, 0.4) is 0 Å². The number of amides is 1. The predicted octanol–water partition coefficient (Wildman–Crippen LogP) is 3.92. The smallest absolute Gasteiger partial charge is 0.338 e. The molecule has 0 spiro atoms. The Kier molecular flexibility index (Phi) is 5.93. The summed E-state index contributed by atoms with van der Waals surface area (Å²) in [5.41, 5.74) is -0.606. The van der Waals surface area contributed by atoms with Gasteiger partial charge in [0, 0.05) is 25.2 Å². The third-order valence-corrected chi connectivity index (χ3v) is 4.48. The van der Waals surface area contributed by atoms with Crippen molar-refractivity contribution in [3.63, 3.8) is 0 Å². The molecule has 1 heterocycles. The SMILES string of the molecule is CN(C)C1CCCN(C(=O)/C=C/c2ccc(Cl)c(C(F)(F)F)c2)C1. The molecule has 0 bridgehead atoms. The highest BCUT2D eigenvalue weighted by atomic mass is 35.5. The van der Waals surface area contributed by atoms with Gasteiger partial charge < -0.3 is 9.80 Å². The minimum atomic E-state index is -4.52. The maximum atomic E-state index is 12.8. The number of hydrogen-bond acceptors (Lipinski definition) is 2. The molecular formula is C17H20ClF3N2O. The number of piperidine rings is 1. The van der Waals surface area contributed by atoms with E-state index in [4.69, 9.17) is 11.6 Å². The second-order valence-corrected chi connectivity index (χ2v) is 6.52. The standard InChI is InChI=1S/C17H20ClF3N2O/c1-22(2)13-4-3-9-23(11-13)16(24)8-6-12-5-7-15(18)14(10-12)17(19,20)21/h5-8,10,13H,3-4,9,11H2,1-2H3/b8-6+. The minimum absolute atomic E-state index is 0.190. The van der Waals surface area contributed by atoms with E-state index in [9.17, 15) is 18.0 Å². The summed E-state index contributed by atoms with van der Waals surface area (Å²) in [5.74, 6) is -0.190. The molecule has 0 aliphatic carbocycles. The van der Waals surface area contributed by atoms with Crippen molar-refractivity contribution in [1.29, 1.82) is 0 Å². The van der Waals surface area contributed by atoms with Crippen LogP contribution in [0.15, 0.2) is 24.3 Å². The first-order chi connectivity index (χ1) is 11.2. The summed E-state index contributed by atoms with van der Waals surface area (Å²) in [4.78, 5) is 16.1. The topological polar surface area (TPSA) is 23.6 Å². The molecule has 0 aromatic heterocycles. The highest BCUT2D eigenvalue weighted by Crippen LogP contribution is 2.35. The molecule has 1 saturated heterocycles. The minimum Gasteiger partial charge on any atom is -0.338 e. The zero-order valence-electron chi connectivity index (χ0n) is 13.6. The van der Waals surface area contributed by atoms with E-state index in [1.807, 2.05) is 14.1 Å². The molecule has 2 rings (SSSR count). The first kappa shape index (κ1) is 18.8. The normalized spacial score (nSPS) is 19.3. The lowest BCUT2D eigenvalue weighted by Crippen LogP contribution is -2.47. The third kappa shape index (κ3) is 4.74. The van der Waals surface area contributed by atoms with Gasteiger partial charge in [-0.05, 0) is 50.7 Å². The highest BCUT2D eigenvalue weighted by Gasteiger charge is 2.33. The molecule has 0 saturated carbocycles. The summed E-state index contributed by atoms with van der Waals surface area (Å²) in [6.45, 7) is 1.30. The number of carbonyl (C=O) groups is 1. The fraction of sp³-hybridized carbons (Fsp3) is 0.471. The van der Waals surface area contributed by atoms with Crippen LogP contribution in [0.1, 0.15) is 24.0 Å². The van der Waals surface area contributed by atoms with Crippen LogP contribution in [-0.2, 0) is 11.0 Å². The molecule has 1 amide bonds. The molecule has 1 atom stereocenters. The average molecular weight is 361 g/mol. The van der Waals surface area contributed by atoms with Crippen molar-refractivity contribution in [1.82, 2.24) is 9.80 Å². The van der Waals surface area contributed by atoms with Crippen LogP contribution in [0.25, 0.3) is 6.08 Å². The molecule has 24 heavy (non-hydrogen) atoms. The fourth-order valence-electron chi connectivity index (χ4n) is 2.71. The molecule has 3 nitrogen and oxygen atoms in total. The van der Waals surface area contributed by atoms with Crippen LogP contribution in [0.4, 0.5) is 13.2 Å². The number of hydrogen-bond donors (Lipinski definition) is 0. The molecule has 1 aromatic carbocycles. The monoisotopic (exact) mass is 360 g/mol. The average Bonchev–Trinajstić information content (AvgIpc) is 2.52. The number of nitrogens with zero attached hydrogens (tertiary/aromatic N) is 2. The van der Waals surface area contributed by atoms with Crippen LogP contribution in [0.2, 0.25) is 5.02 Å². The van der Waals surface area contributed by atoms with Crippen molar-refractivity contribution in [2.75, 3.05) is 27.2 Å². The van der Waals surface area contributed by atoms with E-state index in [1.165, 1.54) is 24.3 Å². The number of carbonyl (C=O) groups excluding carboxylic acids is 1. The largest absolute Gasteiger partial charge is 0.417 e. The van der Waals surface area contributed by atoms with Gasteiger partial charge in [0.15, 0.2) is 0 Å². The highest BCUT2D eigenvalue weighted by molar-refractivity contribution is 6.31. The van der Waals surface area contributed by atoms with Crippen LogP contribution < -0.4 is 0 Å². The molecule has 0 radical (unpaired) electrons. The lowest BCUT2D eigenvalue weighted by molar-refractivity contribution is -0.137. The van der Waals surface area contributed by atoms with Crippen molar-refractivity contribution >= 4 is 23.6 Å². The summed E-state index contributed by atoms with van der Waals surface area (Å²) in [6.07, 6.45) is 0.152. The summed E-state index contributed by atoms with van der Waals surface area (Å²) >= 11 is 5.59. The second-order valence-electron chi connectivity index (χ2n) is 6.11. The van der Waals surface area contributed by atoms with Gasteiger partial charge in [-0.15, -0.1) is 0 Å². The van der Waals surface area contributed by atoms with E-state index in [0.717, 1.165) is 18.9 Å².